The molecule has 0 bridgehead atoms. The molecule has 2 heterocycles. The summed E-state index contributed by atoms with van der Waals surface area (Å²) in [5.41, 5.74) is 2.00. The van der Waals surface area contributed by atoms with Crippen molar-refractivity contribution < 1.29 is 18.9 Å². The molecule has 1 fully saturated rings. The molecule has 2 aliphatic heterocycles. The van der Waals surface area contributed by atoms with Gasteiger partial charge >= 0.3 is 0 Å². The van der Waals surface area contributed by atoms with E-state index in [1.807, 2.05) is 42.5 Å². The van der Waals surface area contributed by atoms with Gasteiger partial charge in [0, 0.05) is 31.5 Å². The zero-order valence-corrected chi connectivity index (χ0v) is 16.7. The maximum absolute atomic E-state index is 5.84. The lowest BCUT2D eigenvalue weighted by Crippen LogP contribution is -2.39. The van der Waals surface area contributed by atoms with Gasteiger partial charge in [0.1, 0.15) is 5.75 Å². The molecule has 7 heteroatoms. The van der Waals surface area contributed by atoms with E-state index in [9.17, 15) is 0 Å². The zero-order chi connectivity index (χ0) is 19.3. The van der Waals surface area contributed by atoms with E-state index in [2.05, 4.69) is 10.2 Å². The van der Waals surface area contributed by atoms with Crippen LogP contribution in [-0.4, -0.2) is 43.2 Å². The van der Waals surface area contributed by atoms with Crippen LogP contribution in [0, 0.1) is 0 Å². The maximum atomic E-state index is 5.84. The van der Waals surface area contributed by atoms with E-state index in [1.54, 1.807) is 7.11 Å². The van der Waals surface area contributed by atoms with E-state index >= 15 is 0 Å². The van der Waals surface area contributed by atoms with Gasteiger partial charge in [0.05, 0.1) is 13.2 Å². The minimum Gasteiger partial charge on any atom is -0.497 e. The first-order valence-corrected chi connectivity index (χ1v) is 9.82. The summed E-state index contributed by atoms with van der Waals surface area (Å²) in [6.45, 7) is 2.49. The van der Waals surface area contributed by atoms with Crippen LogP contribution in [0.1, 0.15) is 18.4 Å². The molecule has 1 N–H and O–H groups in total. The van der Waals surface area contributed by atoms with Crippen molar-refractivity contribution in [2.45, 2.75) is 25.5 Å². The van der Waals surface area contributed by atoms with E-state index in [0.717, 1.165) is 54.5 Å². The van der Waals surface area contributed by atoms with Crippen molar-refractivity contribution in [3.05, 3.63) is 48.0 Å². The Hall–Kier alpha value is -2.51. The number of benzene rings is 2. The Labute approximate surface area is 170 Å². The zero-order valence-electron chi connectivity index (χ0n) is 15.8. The Morgan fingerprint density at radius 1 is 1.21 bits per heavy atom. The van der Waals surface area contributed by atoms with Gasteiger partial charge in [-0.2, -0.15) is 0 Å². The van der Waals surface area contributed by atoms with Crippen molar-refractivity contribution in [2.75, 3.05) is 32.4 Å². The maximum Gasteiger partial charge on any atom is 0.231 e. The SMILES string of the molecule is COc1cccc(NC(=S)N(Cc2ccc3c(c2)OCO3)CC2CCCO2)c1. The molecule has 0 amide bonds. The summed E-state index contributed by atoms with van der Waals surface area (Å²) >= 11 is 5.73. The second kappa shape index (κ2) is 8.67. The second-order valence-corrected chi connectivity index (χ2v) is 7.25. The number of rotatable bonds is 6. The molecule has 148 valence electrons. The summed E-state index contributed by atoms with van der Waals surface area (Å²) in [7, 11) is 1.65. The lowest BCUT2D eigenvalue weighted by atomic mass is 10.1. The van der Waals surface area contributed by atoms with Gasteiger partial charge < -0.3 is 29.2 Å². The fraction of sp³-hybridized carbons (Fsp3) is 0.381. The van der Waals surface area contributed by atoms with Gasteiger partial charge in [-0.1, -0.05) is 12.1 Å². The molecule has 0 radical (unpaired) electrons. The Morgan fingerprint density at radius 3 is 2.93 bits per heavy atom. The second-order valence-electron chi connectivity index (χ2n) is 6.87. The van der Waals surface area contributed by atoms with Crippen LogP contribution in [0.5, 0.6) is 17.2 Å². The molecule has 2 aromatic carbocycles. The number of fused-ring (bicyclic) bond motifs is 1. The van der Waals surface area contributed by atoms with Crippen LogP contribution in [0.3, 0.4) is 0 Å². The van der Waals surface area contributed by atoms with E-state index in [0.29, 0.717) is 11.7 Å². The average Bonchev–Trinajstić information content (AvgIpc) is 3.39. The number of hydrogen-bond donors (Lipinski definition) is 1. The number of hydrogen-bond acceptors (Lipinski definition) is 5. The Morgan fingerprint density at radius 2 is 2.11 bits per heavy atom. The van der Waals surface area contributed by atoms with Gasteiger partial charge in [0.2, 0.25) is 6.79 Å². The lowest BCUT2D eigenvalue weighted by Gasteiger charge is -2.28. The summed E-state index contributed by atoms with van der Waals surface area (Å²) in [4.78, 5) is 2.14. The van der Waals surface area contributed by atoms with Crippen LogP contribution < -0.4 is 19.5 Å². The van der Waals surface area contributed by atoms with E-state index < -0.39 is 0 Å². The highest BCUT2D eigenvalue weighted by atomic mass is 32.1. The Balaban J connectivity index is 1.49. The van der Waals surface area contributed by atoms with E-state index in [4.69, 9.17) is 31.2 Å². The number of methoxy groups -OCH3 is 1. The molecule has 28 heavy (non-hydrogen) atoms. The summed E-state index contributed by atoms with van der Waals surface area (Å²) in [6, 6.07) is 13.7. The predicted molar refractivity (Wildman–Crippen MR) is 111 cm³/mol. The Kier molecular flexibility index (Phi) is 5.83. The quantitative estimate of drug-likeness (QED) is 0.740. The minimum absolute atomic E-state index is 0.194. The van der Waals surface area contributed by atoms with Crippen LogP contribution in [0.4, 0.5) is 5.69 Å². The topological polar surface area (TPSA) is 52.2 Å². The minimum atomic E-state index is 0.194. The molecule has 1 saturated heterocycles. The highest BCUT2D eigenvalue weighted by molar-refractivity contribution is 7.80. The first-order chi connectivity index (χ1) is 13.7. The van der Waals surface area contributed by atoms with Gasteiger partial charge in [-0.15, -0.1) is 0 Å². The number of thiocarbonyl (C=S) groups is 1. The fourth-order valence-electron chi connectivity index (χ4n) is 3.42. The standard InChI is InChI=1S/C21H24N2O4S/c1-24-17-5-2-4-16(11-17)22-21(28)23(13-18-6-3-9-25-18)12-15-7-8-19-20(10-15)27-14-26-19/h2,4-5,7-8,10-11,18H,3,6,9,12-14H2,1H3,(H,22,28). The van der Waals surface area contributed by atoms with Crippen molar-refractivity contribution in [3.63, 3.8) is 0 Å². The normalized spacial score (nSPS) is 17.4. The molecule has 0 aliphatic carbocycles. The smallest absolute Gasteiger partial charge is 0.231 e. The van der Waals surface area contributed by atoms with Crippen LogP contribution in [0.15, 0.2) is 42.5 Å². The van der Waals surface area contributed by atoms with Crippen molar-refractivity contribution in [2.24, 2.45) is 0 Å². The van der Waals surface area contributed by atoms with Gasteiger partial charge in [0.15, 0.2) is 16.6 Å². The number of nitrogens with one attached hydrogen (secondary N) is 1. The summed E-state index contributed by atoms with van der Waals surface area (Å²) in [5, 5.41) is 3.98. The molecule has 0 spiro atoms. The van der Waals surface area contributed by atoms with E-state index in [1.165, 1.54) is 0 Å². The van der Waals surface area contributed by atoms with Crippen LogP contribution in [-0.2, 0) is 11.3 Å². The molecule has 1 atom stereocenters. The Bertz CT molecular complexity index is 839. The lowest BCUT2D eigenvalue weighted by molar-refractivity contribution is 0.0905. The fourth-order valence-corrected chi connectivity index (χ4v) is 3.67. The predicted octanol–water partition coefficient (Wildman–Crippen LogP) is 3.80. The summed E-state index contributed by atoms with van der Waals surface area (Å²) in [6.07, 6.45) is 2.34. The molecule has 1 unspecified atom stereocenters. The van der Waals surface area contributed by atoms with Crippen LogP contribution in [0.25, 0.3) is 0 Å². The molecule has 2 aliphatic rings. The van der Waals surface area contributed by atoms with Crippen LogP contribution in [0.2, 0.25) is 0 Å². The molecule has 2 aromatic rings. The monoisotopic (exact) mass is 400 g/mol. The molecule has 0 saturated carbocycles. The summed E-state index contributed by atoms with van der Waals surface area (Å²) < 4.78 is 22.1. The molecule has 6 nitrogen and oxygen atoms in total. The molecule has 4 rings (SSSR count). The van der Waals surface area contributed by atoms with E-state index in [-0.39, 0.29) is 12.9 Å². The number of ether oxygens (including phenoxy) is 4. The van der Waals surface area contributed by atoms with Crippen molar-refractivity contribution in [3.8, 4) is 17.2 Å². The van der Waals surface area contributed by atoms with Gasteiger partial charge in [-0.3, -0.25) is 0 Å². The van der Waals surface area contributed by atoms with Crippen molar-refractivity contribution in [1.29, 1.82) is 0 Å². The first-order valence-electron chi connectivity index (χ1n) is 9.41. The van der Waals surface area contributed by atoms with Crippen LogP contribution >= 0.6 is 12.2 Å². The highest BCUT2D eigenvalue weighted by Gasteiger charge is 2.22. The first kappa shape index (κ1) is 18.8. The van der Waals surface area contributed by atoms with Crippen molar-refractivity contribution in [1.82, 2.24) is 4.90 Å². The third-order valence-electron chi connectivity index (χ3n) is 4.87. The number of nitrogens with zero attached hydrogens (tertiary/aromatic N) is 1. The molecule has 0 aromatic heterocycles. The van der Waals surface area contributed by atoms with Crippen molar-refractivity contribution >= 4 is 23.0 Å². The van der Waals surface area contributed by atoms with Gasteiger partial charge in [-0.05, 0) is 54.9 Å². The third-order valence-corrected chi connectivity index (χ3v) is 5.23. The van der Waals surface area contributed by atoms with Gasteiger partial charge in [-0.25, -0.2) is 0 Å². The van der Waals surface area contributed by atoms with Gasteiger partial charge in [0.25, 0.3) is 0 Å². The summed E-state index contributed by atoms with van der Waals surface area (Å²) in [5.74, 6) is 2.35. The third kappa shape index (κ3) is 4.48. The number of anilines is 1. The molecular weight excluding hydrogens is 376 g/mol. The largest absolute Gasteiger partial charge is 0.497 e. The molecular formula is C21H24N2O4S. The highest BCUT2D eigenvalue weighted by Crippen LogP contribution is 2.33. The average molecular weight is 401 g/mol.